The molecule has 1 aromatic rings. The Bertz CT molecular complexity index is 265. The van der Waals surface area contributed by atoms with Crippen LogP contribution in [0.2, 0.25) is 0 Å². The molecule has 0 aliphatic carbocycles. The molecule has 0 N–H and O–H groups in total. The molecule has 2 rings (SSSR count). The zero-order valence-electron chi connectivity index (χ0n) is 7.33. The SMILES string of the molecule is C[C@@H](Br)C1(c2cccs2)OCCO1. The van der Waals surface area contributed by atoms with E-state index in [1.165, 1.54) is 0 Å². The summed E-state index contributed by atoms with van der Waals surface area (Å²) >= 11 is 5.20. The molecule has 0 spiro atoms. The summed E-state index contributed by atoms with van der Waals surface area (Å²) in [5.41, 5.74) is 0. The predicted molar refractivity (Wildman–Crippen MR) is 56.3 cm³/mol. The van der Waals surface area contributed by atoms with Crippen molar-refractivity contribution in [3.63, 3.8) is 0 Å². The molecule has 4 heteroatoms. The summed E-state index contributed by atoms with van der Waals surface area (Å²) < 4.78 is 11.4. The van der Waals surface area contributed by atoms with Crippen LogP contribution < -0.4 is 0 Å². The Kier molecular flexibility index (Phi) is 2.74. The molecule has 13 heavy (non-hydrogen) atoms. The Morgan fingerprint density at radius 2 is 2.23 bits per heavy atom. The Balaban J connectivity index is 2.33. The van der Waals surface area contributed by atoms with Gasteiger partial charge in [-0.25, -0.2) is 0 Å². The van der Waals surface area contributed by atoms with Gasteiger partial charge in [-0.2, -0.15) is 0 Å². The smallest absolute Gasteiger partial charge is 0.217 e. The van der Waals surface area contributed by atoms with E-state index in [1.807, 2.05) is 24.4 Å². The third kappa shape index (κ3) is 1.56. The fraction of sp³-hybridized carbons (Fsp3) is 0.556. The minimum atomic E-state index is -0.547. The summed E-state index contributed by atoms with van der Waals surface area (Å²) in [5, 5.41) is 2.04. The molecule has 1 aliphatic heterocycles. The summed E-state index contributed by atoms with van der Waals surface area (Å²) in [5.74, 6) is -0.547. The Labute approximate surface area is 90.0 Å². The third-order valence-corrected chi connectivity index (χ3v) is 3.68. The van der Waals surface area contributed by atoms with Gasteiger partial charge in [0.15, 0.2) is 0 Å². The van der Waals surface area contributed by atoms with Crippen LogP contribution >= 0.6 is 27.3 Å². The van der Waals surface area contributed by atoms with Crippen LogP contribution in [0, 0.1) is 0 Å². The first-order valence-corrected chi connectivity index (χ1v) is 6.01. The van der Waals surface area contributed by atoms with E-state index in [-0.39, 0.29) is 4.83 Å². The van der Waals surface area contributed by atoms with Crippen LogP contribution in [0.3, 0.4) is 0 Å². The second kappa shape index (κ2) is 3.69. The van der Waals surface area contributed by atoms with Crippen LogP contribution in [-0.2, 0) is 15.3 Å². The highest BCUT2D eigenvalue weighted by Crippen LogP contribution is 2.40. The monoisotopic (exact) mass is 262 g/mol. The number of alkyl halides is 1. The average molecular weight is 263 g/mol. The van der Waals surface area contributed by atoms with Gasteiger partial charge in [0.2, 0.25) is 5.79 Å². The van der Waals surface area contributed by atoms with Crippen molar-refractivity contribution >= 4 is 27.3 Å². The van der Waals surface area contributed by atoms with Gasteiger partial charge in [0.05, 0.1) is 22.9 Å². The largest absolute Gasteiger partial charge is 0.342 e. The summed E-state index contributed by atoms with van der Waals surface area (Å²) in [6.07, 6.45) is 0. The molecule has 0 unspecified atom stereocenters. The van der Waals surface area contributed by atoms with Crippen molar-refractivity contribution in [2.75, 3.05) is 13.2 Å². The summed E-state index contributed by atoms with van der Waals surface area (Å²) in [4.78, 5) is 1.30. The van der Waals surface area contributed by atoms with Crippen molar-refractivity contribution in [1.29, 1.82) is 0 Å². The number of rotatable bonds is 2. The maximum Gasteiger partial charge on any atom is 0.217 e. The second-order valence-corrected chi connectivity index (χ2v) is 5.28. The van der Waals surface area contributed by atoms with E-state index in [0.29, 0.717) is 13.2 Å². The lowest BCUT2D eigenvalue weighted by molar-refractivity contribution is -0.158. The molecule has 2 heterocycles. The van der Waals surface area contributed by atoms with E-state index < -0.39 is 5.79 Å². The van der Waals surface area contributed by atoms with Crippen LogP contribution in [0.4, 0.5) is 0 Å². The van der Waals surface area contributed by atoms with E-state index in [0.717, 1.165) is 4.88 Å². The van der Waals surface area contributed by atoms with Crippen molar-refractivity contribution in [2.45, 2.75) is 17.5 Å². The van der Waals surface area contributed by atoms with Crippen LogP contribution in [-0.4, -0.2) is 18.0 Å². The standard InChI is InChI=1S/C9H11BrO2S/c1-7(10)9(11-4-5-12-9)8-3-2-6-13-8/h2-3,6-7H,4-5H2,1H3/t7-/m1/s1. The van der Waals surface area contributed by atoms with Crippen LogP contribution in [0.25, 0.3) is 0 Å². The minimum absolute atomic E-state index is 0.168. The molecule has 1 fully saturated rings. The quantitative estimate of drug-likeness (QED) is 0.764. The van der Waals surface area contributed by atoms with Gasteiger partial charge in [0, 0.05) is 0 Å². The lowest BCUT2D eigenvalue weighted by Crippen LogP contribution is -2.34. The molecular weight excluding hydrogens is 252 g/mol. The first-order valence-electron chi connectivity index (χ1n) is 4.22. The lowest BCUT2D eigenvalue weighted by Gasteiger charge is -2.28. The van der Waals surface area contributed by atoms with E-state index in [2.05, 4.69) is 15.9 Å². The van der Waals surface area contributed by atoms with Crippen molar-refractivity contribution < 1.29 is 9.47 Å². The predicted octanol–water partition coefficient (Wildman–Crippen LogP) is 2.73. The van der Waals surface area contributed by atoms with Gasteiger partial charge in [-0.1, -0.05) is 22.0 Å². The van der Waals surface area contributed by atoms with Gasteiger partial charge in [-0.15, -0.1) is 11.3 Å². The number of thiophene rings is 1. The zero-order valence-corrected chi connectivity index (χ0v) is 9.73. The second-order valence-electron chi connectivity index (χ2n) is 2.96. The van der Waals surface area contributed by atoms with Gasteiger partial charge in [-0.05, 0) is 18.4 Å². The van der Waals surface area contributed by atoms with Gasteiger partial charge < -0.3 is 9.47 Å². The van der Waals surface area contributed by atoms with Gasteiger partial charge in [0.25, 0.3) is 0 Å². The first-order chi connectivity index (χ1) is 6.26. The van der Waals surface area contributed by atoms with Crippen LogP contribution in [0.15, 0.2) is 17.5 Å². The highest BCUT2D eigenvalue weighted by atomic mass is 79.9. The van der Waals surface area contributed by atoms with E-state index in [9.17, 15) is 0 Å². The summed E-state index contributed by atoms with van der Waals surface area (Å²) in [6, 6.07) is 4.07. The molecule has 0 bridgehead atoms. The van der Waals surface area contributed by atoms with Crippen molar-refractivity contribution in [3.8, 4) is 0 Å². The van der Waals surface area contributed by atoms with Crippen molar-refractivity contribution in [3.05, 3.63) is 22.4 Å². The molecule has 0 aromatic carbocycles. The average Bonchev–Trinajstić information content (AvgIpc) is 2.75. The first kappa shape index (κ1) is 9.65. The lowest BCUT2D eigenvalue weighted by atomic mass is 10.2. The molecule has 0 amide bonds. The summed E-state index contributed by atoms with van der Waals surface area (Å²) in [6.45, 7) is 3.40. The number of hydrogen-bond donors (Lipinski definition) is 0. The molecule has 1 aromatic heterocycles. The maximum absolute atomic E-state index is 5.69. The number of hydrogen-bond acceptors (Lipinski definition) is 3. The fourth-order valence-electron chi connectivity index (χ4n) is 1.47. The van der Waals surface area contributed by atoms with Gasteiger partial charge >= 0.3 is 0 Å². The van der Waals surface area contributed by atoms with Crippen LogP contribution in [0.5, 0.6) is 0 Å². The maximum atomic E-state index is 5.69. The summed E-state index contributed by atoms with van der Waals surface area (Å²) in [7, 11) is 0. The van der Waals surface area contributed by atoms with E-state index in [4.69, 9.17) is 9.47 Å². The topological polar surface area (TPSA) is 18.5 Å². The molecule has 72 valence electrons. The highest BCUT2D eigenvalue weighted by Gasteiger charge is 2.43. The Morgan fingerprint density at radius 3 is 2.69 bits per heavy atom. The molecule has 1 atom stereocenters. The highest BCUT2D eigenvalue weighted by molar-refractivity contribution is 9.09. The normalized spacial score (nSPS) is 23.2. The molecule has 0 saturated carbocycles. The minimum Gasteiger partial charge on any atom is -0.342 e. The molecular formula is C9H11BrO2S. The van der Waals surface area contributed by atoms with Gasteiger partial charge in [0.1, 0.15) is 0 Å². The molecule has 2 nitrogen and oxygen atoms in total. The molecule has 1 saturated heterocycles. The van der Waals surface area contributed by atoms with Crippen molar-refractivity contribution in [2.24, 2.45) is 0 Å². The Morgan fingerprint density at radius 1 is 1.54 bits per heavy atom. The van der Waals surface area contributed by atoms with Crippen molar-refractivity contribution in [1.82, 2.24) is 0 Å². The number of ether oxygens (including phenoxy) is 2. The van der Waals surface area contributed by atoms with E-state index >= 15 is 0 Å². The third-order valence-electron chi connectivity index (χ3n) is 2.10. The zero-order chi connectivity index (χ0) is 9.31. The molecule has 1 aliphatic rings. The molecule has 0 radical (unpaired) electrons. The number of halogens is 1. The Hall–Kier alpha value is 0.1000. The van der Waals surface area contributed by atoms with Gasteiger partial charge in [-0.3, -0.25) is 0 Å². The van der Waals surface area contributed by atoms with E-state index in [1.54, 1.807) is 11.3 Å². The fourth-order valence-corrected chi connectivity index (χ4v) is 3.06. The van der Waals surface area contributed by atoms with Crippen LogP contribution in [0.1, 0.15) is 11.8 Å².